The van der Waals surface area contributed by atoms with Crippen molar-refractivity contribution in [3.8, 4) is 0 Å². The van der Waals surface area contributed by atoms with E-state index >= 15 is 0 Å². The largest absolute Gasteiger partial charge is 0.411 e. The van der Waals surface area contributed by atoms with Crippen molar-refractivity contribution in [3.05, 3.63) is 33.1 Å². The van der Waals surface area contributed by atoms with Crippen molar-refractivity contribution in [2.45, 2.75) is 88.3 Å². The van der Waals surface area contributed by atoms with Gasteiger partial charge < -0.3 is 19.4 Å². The van der Waals surface area contributed by atoms with Gasteiger partial charge in [0, 0.05) is 12.3 Å². The standard InChI is InChI=1S/C18H30N2O6Si/c1-17(2,3)27(4,5)26-11-7-6-9-18(11)14(23)13(22)15(25-18)20-10-8-12(21)19-16(20)24/h8,10-11,13-15,22-23H,6-7,9H2,1-5H3,(H,19,21,24)/t11-,13-,14+,15-,18?/m1/s1. The summed E-state index contributed by atoms with van der Waals surface area (Å²) in [5.41, 5.74) is -2.27. The minimum absolute atomic E-state index is 0.00574. The Bertz CT molecular complexity index is 813. The molecule has 1 spiro atoms. The van der Waals surface area contributed by atoms with E-state index in [0.717, 1.165) is 17.4 Å². The SMILES string of the molecule is CC(C)(C)[Si](C)(C)O[C@@H]1CCCC12O[C@@H](n1ccc(=O)[nH]c1=O)[C@H](O)[C@@H]2O. The predicted octanol–water partition coefficient (Wildman–Crippen LogP) is 1.10. The number of rotatable bonds is 3. The number of H-pyrrole nitrogens is 1. The first-order valence-electron chi connectivity index (χ1n) is 9.42. The Morgan fingerprint density at radius 2 is 2.00 bits per heavy atom. The number of aromatic amines is 1. The third-order valence-corrected chi connectivity index (χ3v) is 10.9. The molecule has 0 radical (unpaired) electrons. The number of nitrogens with one attached hydrogen (secondary N) is 1. The third kappa shape index (κ3) is 3.36. The molecule has 1 saturated heterocycles. The van der Waals surface area contributed by atoms with Gasteiger partial charge in [0.05, 0.1) is 6.10 Å². The number of aliphatic hydroxyl groups is 2. The smallest absolute Gasteiger partial charge is 0.330 e. The van der Waals surface area contributed by atoms with E-state index in [9.17, 15) is 19.8 Å². The van der Waals surface area contributed by atoms with Gasteiger partial charge in [0.1, 0.15) is 17.8 Å². The molecule has 9 heteroatoms. The van der Waals surface area contributed by atoms with E-state index in [1.54, 1.807) is 0 Å². The lowest BCUT2D eigenvalue weighted by molar-refractivity contribution is -0.145. The van der Waals surface area contributed by atoms with Crippen LogP contribution in [-0.4, -0.2) is 52.0 Å². The summed E-state index contributed by atoms with van der Waals surface area (Å²) in [6, 6.07) is 1.19. The van der Waals surface area contributed by atoms with E-state index in [2.05, 4.69) is 38.8 Å². The van der Waals surface area contributed by atoms with Crippen LogP contribution in [0.3, 0.4) is 0 Å². The van der Waals surface area contributed by atoms with Gasteiger partial charge >= 0.3 is 5.69 Å². The summed E-state index contributed by atoms with van der Waals surface area (Å²) < 4.78 is 13.8. The highest BCUT2D eigenvalue weighted by molar-refractivity contribution is 6.74. The first-order chi connectivity index (χ1) is 12.4. The van der Waals surface area contributed by atoms with Crippen LogP contribution in [0.4, 0.5) is 0 Å². The summed E-state index contributed by atoms with van der Waals surface area (Å²) >= 11 is 0. The molecule has 3 N–H and O–H groups in total. The summed E-state index contributed by atoms with van der Waals surface area (Å²) in [4.78, 5) is 25.6. The lowest BCUT2D eigenvalue weighted by Gasteiger charge is -2.43. The maximum absolute atomic E-state index is 12.1. The van der Waals surface area contributed by atoms with Gasteiger partial charge in [-0.2, -0.15) is 0 Å². The van der Waals surface area contributed by atoms with Crippen molar-refractivity contribution in [3.63, 3.8) is 0 Å². The highest BCUT2D eigenvalue weighted by Crippen LogP contribution is 2.50. The van der Waals surface area contributed by atoms with Crippen molar-refractivity contribution < 1.29 is 19.4 Å². The zero-order chi connectivity index (χ0) is 20.2. The quantitative estimate of drug-likeness (QED) is 0.657. The molecule has 5 atom stereocenters. The Labute approximate surface area is 159 Å². The maximum Gasteiger partial charge on any atom is 0.330 e. The van der Waals surface area contributed by atoms with E-state index in [1.807, 2.05) is 0 Å². The number of nitrogens with zero attached hydrogens (tertiary/aromatic N) is 1. The first kappa shape index (κ1) is 20.5. The van der Waals surface area contributed by atoms with Crippen LogP contribution < -0.4 is 11.2 Å². The topological polar surface area (TPSA) is 114 Å². The molecule has 0 aromatic carbocycles. The molecule has 2 fully saturated rings. The first-order valence-corrected chi connectivity index (χ1v) is 12.3. The van der Waals surface area contributed by atoms with Gasteiger partial charge in [-0.25, -0.2) is 4.79 Å². The van der Waals surface area contributed by atoms with Gasteiger partial charge in [-0.05, 0) is 37.4 Å². The van der Waals surface area contributed by atoms with Crippen LogP contribution in [0.2, 0.25) is 18.1 Å². The fourth-order valence-corrected chi connectivity index (χ4v) is 5.17. The highest BCUT2D eigenvalue weighted by atomic mass is 28.4. The number of ether oxygens (including phenoxy) is 1. The summed E-state index contributed by atoms with van der Waals surface area (Å²) in [5.74, 6) is 0. The number of aromatic nitrogens is 2. The van der Waals surface area contributed by atoms with Gasteiger partial charge in [-0.1, -0.05) is 20.8 Å². The summed E-state index contributed by atoms with van der Waals surface area (Å²) in [6.07, 6.45) is -0.561. The van der Waals surface area contributed by atoms with Crippen molar-refractivity contribution in [1.29, 1.82) is 0 Å². The number of hydrogen-bond acceptors (Lipinski definition) is 6. The van der Waals surface area contributed by atoms with Crippen LogP contribution >= 0.6 is 0 Å². The molecule has 0 bridgehead atoms. The third-order valence-electron chi connectivity index (χ3n) is 6.40. The fraction of sp³-hybridized carbons (Fsp3) is 0.778. The lowest BCUT2D eigenvalue weighted by Crippen LogP contribution is -2.55. The Hall–Kier alpha value is -1.26. The van der Waals surface area contributed by atoms with Crippen LogP contribution in [0.1, 0.15) is 46.3 Å². The average molecular weight is 399 g/mol. The normalized spacial score (nSPS) is 34.5. The molecule has 1 aromatic heterocycles. The van der Waals surface area contributed by atoms with E-state index in [4.69, 9.17) is 9.16 Å². The highest BCUT2D eigenvalue weighted by Gasteiger charge is 2.62. The number of aliphatic hydroxyl groups excluding tert-OH is 2. The van der Waals surface area contributed by atoms with Crippen LogP contribution in [0, 0.1) is 0 Å². The molecule has 8 nitrogen and oxygen atoms in total. The van der Waals surface area contributed by atoms with Crippen LogP contribution in [0.5, 0.6) is 0 Å². The Morgan fingerprint density at radius 3 is 2.59 bits per heavy atom. The van der Waals surface area contributed by atoms with Crippen LogP contribution in [0.15, 0.2) is 21.9 Å². The molecule has 1 aliphatic heterocycles. The molecule has 152 valence electrons. The summed E-state index contributed by atoms with van der Waals surface area (Å²) in [6.45, 7) is 10.7. The molecular weight excluding hydrogens is 368 g/mol. The van der Waals surface area contributed by atoms with E-state index < -0.39 is 43.6 Å². The van der Waals surface area contributed by atoms with Crippen LogP contribution in [-0.2, 0) is 9.16 Å². The molecule has 2 heterocycles. The van der Waals surface area contributed by atoms with E-state index in [0.29, 0.717) is 6.42 Å². The molecule has 2 aliphatic rings. The van der Waals surface area contributed by atoms with E-state index in [-0.39, 0.29) is 11.1 Å². The van der Waals surface area contributed by atoms with Crippen molar-refractivity contribution in [1.82, 2.24) is 9.55 Å². The van der Waals surface area contributed by atoms with Crippen LogP contribution in [0.25, 0.3) is 0 Å². The number of hydrogen-bond donors (Lipinski definition) is 3. The Morgan fingerprint density at radius 1 is 1.33 bits per heavy atom. The van der Waals surface area contributed by atoms with Gasteiger partial charge in [0.25, 0.3) is 5.56 Å². The maximum atomic E-state index is 12.1. The predicted molar refractivity (Wildman–Crippen MR) is 102 cm³/mol. The molecule has 3 rings (SSSR count). The van der Waals surface area contributed by atoms with Crippen molar-refractivity contribution in [2.75, 3.05) is 0 Å². The zero-order valence-corrected chi connectivity index (χ0v) is 17.6. The van der Waals surface area contributed by atoms with Gasteiger partial charge in [-0.15, -0.1) is 0 Å². The van der Waals surface area contributed by atoms with Crippen molar-refractivity contribution in [2.24, 2.45) is 0 Å². The van der Waals surface area contributed by atoms with Gasteiger partial charge in [0.15, 0.2) is 14.5 Å². The minimum atomic E-state index is -2.12. The second-order valence-electron chi connectivity index (χ2n) is 9.18. The van der Waals surface area contributed by atoms with Gasteiger partial charge in [-0.3, -0.25) is 14.3 Å². The monoisotopic (exact) mass is 398 g/mol. The second-order valence-corrected chi connectivity index (χ2v) is 13.9. The second kappa shape index (κ2) is 6.66. The zero-order valence-electron chi connectivity index (χ0n) is 16.6. The molecule has 27 heavy (non-hydrogen) atoms. The summed E-state index contributed by atoms with van der Waals surface area (Å²) in [5, 5.41) is 21.5. The fourth-order valence-electron chi connectivity index (χ4n) is 3.79. The molecule has 1 aliphatic carbocycles. The van der Waals surface area contributed by atoms with Gasteiger partial charge in [0.2, 0.25) is 0 Å². The Balaban J connectivity index is 1.93. The molecule has 1 unspecified atom stereocenters. The molecule has 1 saturated carbocycles. The van der Waals surface area contributed by atoms with E-state index in [1.165, 1.54) is 12.3 Å². The molecular formula is C18H30N2O6Si. The average Bonchev–Trinajstić information content (AvgIpc) is 3.04. The van der Waals surface area contributed by atoms with Crippen molar-refractivity contribution >= 4 is 8.32 Å². The Kier molecular flexibility index (Phi) is 5.05. The molecule has 1 aromatic rings. The molecule has 0 amide bonds. The lowest BCUT2D eigenvalue weighted by atomic mass is 9.91. The summed E-state index contributed by atoms with van der Waals surface area (Å²) in [7, 11) is -2.12. The minimum Gasteiger partial charge on any atom is -0.411 e.